The maximum absolute atomic E-state index is 13.0. The van der Waals surface area contributed by atoms with Gasteiger partial charge in [-0.25, -0.2) is 0 Å². The molecule has 5 heteroatoms. The summed E-state index contributed by atoms with van der Waals surface area (Å²) in [7, 11) is 0. The molecule has 0 bridgehead atoms. The molecule has 0 unspecified atom stereocenters. The second kappa shape index (κ2) is 6.46. The fraction of sp³-hybridized carbons (Fsp3) is 0.579. The van der Waals surface area contributed by atoms with Gasteiger partial charge in [0.25, 0.3) is 0 Å². The van der Waals surface area contributed by atoms with Crippen molar-refractivity contribution in [3.8, 4) is 0 Å². The lowest BCUT2D eigenvalue weighted by Gasteiger charge is -2.35. The van der Waals surface area contributed by atoms with Crippen LogP contribution in [0.15, 0.2) is 16.5 Å². The van der Waals surface area contributed by atoms with Crippen LogP contribution in [0.2, 0.25) is 0 Å². The van der Waals surface area contributed by atoms with Crippen LogP contribution in [0.5, 0.6) is 0 Å². The van der Waals surface area contributed by atoms with Crippen LogP contribution < -0.4 is 0 Å². The second-order valence-electron chi connectivity index (χ2n) is 7.04. The number of aryl methyl sites for hydroxylation is 4. The van der Waals surface area contributed by atoms with Gasteiger partial charge in [0.15, 0.2) is 0 Å². The zero-order valence-corrected chi connectivity index (χ0v) is 15.3. The number of carbonyl (C=O) groups is 1. The minimum atomic E-state index is -0.165. The minimum Gasteiger partial charge on any atom is -0.466 e. The Kier molecular flexibility index (Phi) is 4.52. The predicted molar refractivity (Wildman–Crippen MR) is 93.1 cm³/mol. The van der Waals surface area contributed by atoms with Crippen molar-refractivity contribution in [2.24, 2.45) is 0 Å². The van der Waals surface area contributed by atoms with E-state index >= 15 is 0 Å². The number of likely N-dealkylation sites (tertiary alicyclic amines) is 1. The molecule has 2 aromatic rings. The normalized spacial score (nSPS) is 19.5. The van der Waals surface area contributed by atoms with Crippen molar-refractivity contribution in [3.05, 3.63) is 40.6 Å². The van der Waals surface area contributed by atoms with Gasteiger partial charge in [-0.3, -0.25) is 9.48 Å². The predicted octanol–water partition coefficient (Wildman–Crippen LogP) is 3.68. The maximum atomic E-state index is 13.0. The first kappa shape index (κ1) is 16.8. The lowest BCUT2D eigenvalue weighted by atomic mass is 9.97. The molecule has 0 N–H and O–H groups in total. The SMILES string of the molecule is Cc1cc(C)n([C@@H]2CCCN(C(=O)[C@@H](C)c3cc(C)oc3C)C2)n1. The molecule has 0 aromatic carbocycles. The monoisotopic (exact) mass is 329 g/mol. The Bertz CT molecular complexity index is 744. The van der Waals surface area contributed by atoms with E-state index in [1.54, 1.807) is 0 Å². The minimum absolute atomic E-state index is 0.165. The number of carbonyl (C=O) groups excluding carboxylic acids is 1. The zero-order valence-electron chi connectivity index (χ0n) is 15.3. The molecule has 1 amide bonds. The largest absolute Gasteiger partial charge is 0.466 e. The molecule has 0 radical (unpaired) electrons. The first-order valence-corrected chi connectivity index (χ1v) is 8.75. The van der Waals surface area contributed by atoms with Gasteiger partial charge in [0.1, 0.15) is 11.5 Å². The number of nitrogens with zero attached hydrogens (tertiary/aromatic N) is 3. The number of amides is 1. The Balaban J connectivity index is 1.75. The molecule has 1 aliphatic rings. The summed E-state index contributed by atoms with van der Waals surface area (Å²) in [6.07, 6.45) is 2.09. The topological polar surface area (TPSA) is 51.3 Å². The van der Waals surface area contributed by atoms with Crippen LogP contribution in [0.3, 0.4) is 0 Å². The van der Waals surface area contributed by atoms with Crippen LogP contribution in [0.25, 0.3) is 0 Å². The van der Waals surface area contributed by atoms with Gasteiger partial charge in [0, 0.05) is 24.3 Å². The first-order chi connectivity index (χ1) is 11.4. The van der Waals surface area contributed by atoms with E-state index in [1.807, 2.05) is 38.7 Å². The first-order valence-electron chi connectivity index (χ1n) is 8.75. The number of furan rings is 1. The van der Waals surface area contributed by atoms with E-state index in [9.17, 15) is 4.79 Å². The van der Waals surface area contributed by atoms with Crippen LogP contribution in [-0.2, 0) is 4.79 Å². The van der Waals surface area contributed by atoms with E-state index in [4.69, 9.17) is 4.42 Å². The van der Waals surface area contributed by atoms with E-state index in [2.05, 4.69) is 22.8 Å². The fourth-order valence-electron chi connectivity index (χ4n) is 3.86. The molecule has 5 nitrogen and oxygen atoms in total. The summed E-state index contributed by atoms with van der Waals surface area (Å²) in [5.74, 6) is 1.73. The van der Waals surface area contributed by atoms with E-state index in [0.29, 0.717) is 0 Å². The Morgan fingerprint density at radius 3 is 2.62 bits per heavy atom. The summed E-state index contributed by atoms with van der Waals surface area (Å²) in [5.41, 5.74) is 3.21. The smallest absolute Gasteiger partial charge is 0.230 e. The summed E-state index contributed by atoms with van der Waals surface area (Å²) in [6.45, 7) is 11.5. The van der Waals surface area contributed by atoms with E-state index in [0.717, 1.165) is 48.7 Å². The van der Waals surface area contributed by atoms with Gasteiger partial charge >= 0.3 is 0 Å². The van der Waals surface area contributed by atoms with Crippen LogP contribution >= 0.6 is 0 Å². The van der Waals surface area contributed by atoms with Gasteiger partial charge in [0.2, 0.25) is 5.91 Å². The third-order valence-corrected chi connectivity index (χ3v) is 5.01. The quantitative estimate of drug-likeness (QED) is 0.863. The maximum Gasteiger partial charge on any atom is 0.230 e. The summed E-state index contributed by atoms with van der Waals surface area (Å²) in [5, 5.41) is 4.61. The van der Waals surface area contributed by atoms with Crippen molar-refractivity contribution in [1.82, 2.24) is 14.7 Å². The second-order valence-corrected chi connectivity index (χ2v) is 7.04. The highest BCUT2D eigenvalue weighted by Crippen LogP contribution is 2.28. The summed E-state index contributed by atoms with van der Waals surface area (Å²) in [4.78, 5) is 15.0. The molecule has 130 valence electrons. The van der Waals surface area contributed by atoms with Gasteiger partial charge in [0.05, 0.1) is 17.7 Å². The average Bonchev–Trinajstić information content (AvgIpc) is 3.06. The van der Waals surface area contributed by atoms with Crippen molar-refractivity contribution in [1.29, 1.82) is 0 Å². The standard InChI is InChI=1S/C19H27N3O2/c1-12-9-13(2)22(20-12)17-7-6-8-21(11-17)19(23)15(4)18-10-14(3)24-16(18)5/h9-10,15,17H,6-8,11H2,1-5H3/t15-,17+/m0/s1. The molecule has 0 saturated carbocycles. The van der Waals surface area contributed by atoms with Crippen LogP contribution in [0.1, 0.15) is 60.2 Å². The number of piperidine rings is 1. The molecule has 2 atom stereocenters. The third kappa shape index (κ3) is 3.12. The van der Waals surface area contributed by atoms with Crippen LogP contribution in [-0.4, -0.2) is 33.7 Å². The number of hydrogen-bond donors (Lipinski definition) is 0. The third-order valence-electron chi connectivity index (χ3n) is 5.01. The number of rotatable bonds is 3. The Hall–Kier alpha value is -2.04. The molecular formula is C19H27N3O2. The molecule has 1 aliphatic heterocycles. The lowest BCUT2D eigenvalue weighted by Crippen LogP contribution is -2.43. The molecule has 2 aromatic heterocycles. The molecule has 1 fully saturated rings. The van der Waals surface area contributed by atoms with Crippen LogP contribution in [0, 0.1) is 27.7 Å². The van der Waals surface area contributed by atoms with E-state index < -0.39 is 0 Å². The van der Waals surface area contributed by atoms with Gasteiger partial charge in [-0.2, -0.15) is 5.10 Å². The van der Waals surface area contributed by atoms with E-state index in [1.165, 1.54) is 5.69 Å². The summed E-state index contributed by atoms with van der Waals surface area (Å²) in [6, 6.07) is 4.36. The summed E-state index contributed by atoms with van der Waals surface area (Å²) >= 11 is 0. The van der Waals surface area contributed by atoms with Crippen LogP contribution in [0.4, 0.5) is 0 Å². The Morgan fingerprint density at radius 1 is 1.29 bits per heavy atom. The van der Waals surface area contributed by atoms with Crippen molar-refractivity contribution in [2.75, 3.05) is 13.1 Å². The molecule has 0 spiro atoms. The molecular weight excluding hydrogens is 302 g/mol. The molecule has 3 rings (SSSR count). The van der Waals surface area contributed by atoms with Gasteiger partial charge in [-0.15, -0.1) is 0 Å². The number of aromatic nitrogens is 2. The Labute approximate surface area is 143 Å². The van der Waals surface area contributed by atoms with Crippen molar-refractivity contribution in [2.45, 2.75) is 59.4 Å². The van der Waals surface area contributed by atoms with Crippen molar-refractivity contribution >= 4 is 5.91 Å². The van der Waals surface area contributed by atoms with Gasteiger partial charge in [-0.1, -0.05) is 0 Å². The van der Waals surface area contributed by atoms with E-state index in [-0.39, 0.29) is 17.9 Å². The van der Waals surface area contributed by atoms with Crippen molar-refractivity contribution in [3.63, 3.8) is 0 Å². The molecule has 24 heavy (non-hydrogen) atoms. The highest BCUT2D eigenvalue weighted by Gasteiger charge is 2.30. The molecule has 0 aliphatic carbocycles. The lowest BCUT2D eigenvalue weighted by molar-refractivity contribution is -0.134. The highest BCUT2D eigenvalue weighted by atomic mass is 16.3. The highest BCUT2D eigenvalue weighted by molar-refractivity contribution is 5.83. The summed E-state index contributed by atoms with van der Waals surface area (Å²) < 4.78 is 7.69. The number of hydrogen-bond acceptors (Lipinski definition) is 3. The molecule has 3 heterocycles. The zero-order chi connectivity index (χ0) is 17.4. The van der Waals surface area contributed by atoms with Crippen molar-refractivity contribution < 1.29 is 9.21 Å². The fourth-order valence-corrected chi connectivity index (χ4v) is 3.86. The average molecular weight is 329 g/mol. The van der Waals surface area contributed by atoms with Gasteiger partial charge < -0.3 is 9.32 Å². The van der Waals surface area contributed by atoms with Gasteiger partial charge in [-0.05, 0) is 59.6 Å². The molecule has 1 saturated heterocycles. The Morgan fingerprint density at radius 2 is 2.04 bits per heavy atom.